The molecule has 2 atom stereocenters. The maximum atomic E-state index is 10.7. The molecular weight excluding hydrogens is 176 g/mol. The van der Waals surface area contributed by atoms with E-state index in [-0.39, 0.29) is 6.10 Å². The Morgan fingerprint density at radius 2 is 1.83 bits per heavy atom. The van der Waals surface area contributed by atoms with Gasteiger partial charge in [-0.1, -0.05) is 20.3 Å². The van der Waals surface area contributed by atoms with E-state index in [9.17, 15) is 8.42 Å². The minimum Gasteiger partial charge on any atom is -0.267 e. The third kappa shape index (κ3) is 5.55. The molecule has 0 rings (SSSR count). The molecule has 0 saturated carbocycles. The molecule has 0 aliphatic rings. The normalized spacial score (nSPS) is 17.3. The second-order valence-corrected chi connectivity index (χ2v) is 4.87. The molecule has 74 valence electrons. The summed E-state index contributed by atoms with van der Waals surface area (Å²) in [7, 11) is -3.29. The molecular formula is C8H18O3S. The van der Waals surface area contributed by atoms with Gasteiger partial charge in [0.2, 0.25) is 0 Å². The van der Waals surface area contributed by atoms with E-state index < -0.39 is 10.1 Å². The lowest BCUT2D eigenvalue weighted by molar-refractivity contribution is 0.163. The zero-order chi connectivity index (χ0) is 9.78. The van der Waals surface area contributed by atoms with Crippen molar-refractivity contribution < 1.29 is 12.6 Å². The summed E-state index contributed by atoms with van der Waals surface area (Å²) >= 11 is 0. The highest BCUT2D eigenvalue weighted by Gasteiger charge is 2.16. The van der Waals surface area contributed by atoms with Gasteiger partial charge in [-0.2, -0.15) is 8.42 Å². The zero-order valence-electron chi connectivity index (χ0n) is 8.20. The van der Waals surface area contributed by atoms with Crippen molar-refractivity contribution in [2.45, 2.75) is 39.7 Å². The van der Waals surface area contributed by atoms with E-state index in [2.05, 4.69) is 6.92 Å². The number of hydrogen-bond acceptors (Lipinski definition) is 3. The summed E-state index contributed by atoms with van der Waals surface area (Å²) in [6, 6.07) is 0. The fraction of sp³-hybridized carbons (Fsp3) is 1.00. The first kappa shape index (κ1) is 11.9. The van der Waals surface area contributed by atoms with Crippen molar-refractivity contribution >= 4 is 10.1 Å². The molecule has 0 amide bonds. The Balaban J connectivity index is 3.95. The molecule has 0 bridgehead atoms. The van der Waals surface area contributed by atoms with Crippen molar-refractivity contribution in [3.63, 3.8) is 0 Å². The van der Waals surface area contributed by atoms with Crippen LogP contribution in [0.15, 0.2) is 0 Å². The van der Waals surface area contributed by atoms with Crippen LogP contribution in [0.5, 0.6) is 0 Å². The van der Waals surface area contributed by atoms with Gasteiger partial charge in [0.25, 0.3) is 10.1 Å². The van der Waals surface area contributed by atoms with Crippen LogP contribution in [0.2, 0.25) is 0 Å². The van der Waals surface area contributed by atoms with Crippen molar-refractivity contribution in [3.8, 4) is 0 Å². The number of rotatable bonds is 5. The molecule has 0 aliphatic heterocycles. The van der Waals surface area contributed by atoms with Crippen molar-refractivity contribution in [1.29, 1.82) is 0 Å². The first-order chi connectivity index (χ1) is 5.37. The van der Waals surface area contributed by atoms with Gasteiger partial charge in [-0.15, -0.1) is 0 Å². The summed E-state index contributed by atoms with van der Waals surface area (Å²) in [6.45, 7) is 5.87. The molecule has 0 fully saturated rings. The Hall–Kier alpha value is -0.0900. The maximum Gasteiger partial charge on any atom is 0.264 e. The molecule has 2 unspecified atom stereocenters. The molecule has 0 saturated heterocycles. The Morgan fingerprint density at radius 1 is 1.33 bits per heavy atom. The van der Waals surface area contributed by atoms with Gasteiger partial charge in [0, 0.05) is 0 Å². The second kappa shape index (κ2) is 4.82. The molecule has 3 nitrogen and oxygen atoms in total. The van der Waals surface area contributed by atoms with E-state index in [1.807, 2.05) is 6.92 Å². The van der Waals surface area contributed by atoms with Crippen LogP contribution < -0.4 is 0 Å². The molecule has 0 radical (unpaired) electrons. The zero-order valence-corrected chi connectivity index (χ0v) is 9.02. The van der Waals surface area contributed by atoms with Gasteiger partial charge in [0.15, 0.2) is 0 Å². The highest BCUT2D eigenvalue weighted by molar-refractivity contribution is 7.86. The SMILES string of the molecule is CCCC(C)C(C)OS(C)(=O)=O. The average molecular weight is 194 g/mol. The fourth-order valence-electron chi connectivity index (χ4n) is 1.06. The topological polar surface area (TPSA) is 43.4 Å². The number of hydrogen-bond donors (Lipinski definition) is 0. The average Bonchev–Trinajstić information content (AvgIpc) is 1.84. The van der Waals surface area contributed by atoms with Crippen LogP contribution in [0, 0.1) is 5.92 Å². The Labute approximate surface area is 75.2 Å². The lowest BCUT2D eigenvalue weighted by atomic mass is 10.0. The van der Waals surface area contributed by atoms with Crippen LogP contribution >= 0.6 is 0 Å². The van der Waals surface area contributed by atoms with E-state index in [1.54, 1.807) is 6.92 Å². The van der Waals surface area contributed by atoms with Gasteiger partial charge >= 0.3 is 0 Å². The lowest BCUT2D eigenvalue weighted by Crippen LogP contribution is -2.21. The van der Waals surface area contributed by atoms with E-state index in [1.165, 1.54) is 0 Å². The maximum absolute atomic E-state index is 10.7. The summed E-state index contributed by atoms with van der Waals surface area (Å²) in [4.78, 5) is 0. The molecule has 0 aromatic heterocycles. The molecule has 0 spiro atoms. The van der Waals surface area contributed by atoms with Gasteiger partial charge in [-0.25, -0.2) is 0 Å². The Morgan fingerprint density at radius 3 is 2.17 bits per heavy atom. The van der Waals surface area contributed by atoms with E-state index in [0.29, 0.717) is 5.92 Å². The summed E-state index contributed by atoms with van der Waals surface area (Å²) in [5, 5.41) is 0. The third-order valence-corrected chi connectivity index (χ3v) is 2.53. The van der Waals surface area contributed by atoms with Gasteiger partial charge in [0.05, 0.1) is 12.4 Å². The second-order valence-electron chi connectivity index (χ2n) is 3.27. The summed E-state index contributed by atoms with van der Waals surface area (Å²) in [5.74, 6) is 0.296. The first-order valence-electron chi connectivity index (χ1n) is 4.25. The molecule has 12 heavy (non-hydrogen) atoms. The van der Waals surface area contributed by atoms with Crippen LogP contribution in [-0.4, -0.2) is 20.8 Å². The van der Waals surface area contributed by atoms with Crippen LogP contribution in [0.3, 0.4) is 0 Å². The van der Waals surface area contributed by atoms with Crippen LogP contribution in [0.1, 0.15) is 33.6 Å². The highest BCUT2D eigenvalue weighted by atomic mass is 32.2. The monoisotopic (exact) mass is 194 g/mol. The predicted octanol–water partition coefficient (Wildman–Crippen LogP) is 1.79. The van der Waals surface area contributed by atoms with E-state index in [4.69, 9.17) is 4.18 Å². The van der Waals surface area contributed by atoms with Gasteiger partial charge in [-0.3, -0.25) is 4.18 Å². The van der Waals surface area contributed by atoms with Crippen molar-refractivity contribution in [2.75, 3.05) is 6.26 Å². The van der Waals surface area contributed by atoms with Gasteiger partial charge in [0.1, 0.15) is 0 Å². The van der Waals surface area contributed by atoms with Crippen LogP contribution in [-0.2, 0) is 14.3 Å². The molecule has 0 aromatic carbocycles. The highest BCUT2D eigenvalue weighted by Crippen LogP contribution is 2.14. The van der Waals surface area contributed by atoms with Crippen LogP contribution in [0.4, 0.5) is 0 Å². The minimum absolute atomic E-state index is 0.208. The van der Waals surface area contributed by atoms with Crippen molar-refractivity contribution in [1.82, 2.24) is 0 Å². The largest absolute Gasteiger partial charge is 0.267 e. The smallest absolute Gasteiger partial charge is 0.264 e. The first-order valence-corrected chi connectivity index (χ1v) is 6.06. The van der Waals surface area contributed by atoms with Crippen molar-refractivity contribution in [3.05, 3.63) is 0 Å². The molecule has 4 heteroatoms. The summed E-state index contributed by atoms with van der Waals surface area (Å²) in [5.41, 5.74) is 0. The Bertz CT molecular complexity index is 208. The van der Waals surface area contributed by atoms with E-state index in [0.717, 1.165) is 19.1 Å². The third-order valence-electron chi connectivity index (χ3n) is 1.87. The van der Waals surface area contributed by atoms with E-state index >= 15 is 0 Å². The molecule has 0 heterocycles. The van der Waals surface area contributed by atoms with Crippen molar-refractivity contribution in [2.24, 2.45) is 5.92 Å². The summed E-state index contributed by atoms with van der Waals surface area (Å²) in [6.07, 6.45) is 2.93. The molecule has 0 N–H and O–H groups in total. The van der Waals surface area contributed by atoms with Gasteiger partial charge in [-0.05, 0) is 19.3 Å². The van der Waals surface area contributed by atoms with Gasteiger partial charge < -0.3 is 0 Å². The predicted molar refractivity (Wildman–Crippen MR) is 49.5 cm³/mol. The standard InChI is InChI=1S/C8H18O3S/c1-5-6-7(2)8(3)11-12(4,9)10/h7-8H,5-6H2,1-4H3. The molecule has 0 aliphatic carbocycles. The minimum atomic E-state index is -3.29. The van der Waals surface area contributed by atoms with Crippen LogP contribution in [0.25, 0.3) is 0 Å². The fourth-order valence-corrected chi connectivity index (χ4v) is 1.80. The molecule has 0 aromatic rings. The lowest BCUT2D eigenvalue weighted by Gasteiger charge is -2.17. The summed E-state index contributed by atoms with van der Waals surface area (Å²) < 4.78 is 26.3. The Kier molecular flexibility index (Phi) is 4.78. The quantitative estimate of drug-likeness (QED) is 0.627.